The number of nitrogens with one attached hydrogen (secondary N) is 1. The molecule has 4 nitrogen and oxygen atoms in total. The minimum atomic E-state index is -0.702. The van der Waals surface area contributed by atoms with E-state index in [2.05, 4.69) is 10.4 Å². The molecule has 2 rings (SSSR count). The first-order valence-corrected chi connectivity index (χ1v) is 5.28. The van der Waals surface area contributed by atoms with E-state index >= 15 is 0 Å². The fraction of sp³-hybridized carbons (Fsp3) is 0.167. The Labute approximate surface area is 102 Å². The Balaban J connectivity index is 2.03. The van der Waals surface area contributed by atoms with Crippen LogP contribution in [0, 0.1) is 11.8 Å². The normalized spacial score (nSPS) is 10.4. The maximum absolute atomic E-state index is 13.4. The molecule has 0 radical (unpaired) electrons. The smallest absolute Gasteiger partial charge is 0.257 e. The Hall–Kier alpha value is -2.24. The highest BCUT2D eigenvalue weighted by molar-refractivity contribution is 5.93. The van der Waals surface area contributed by atoms with E-state index in [1.165, 1.54) is 19.2 Å². The molecule has 0 atom stereocenters. The van der Waals surface area contributed by atoms with Crippen molar-refractivity contribution in [1.82, 2.24) is 15.1 Å². The first kappa shape index (κ1) is 12.2. The molecule has 0 bridgehead atoms. The van der Waals surface area contributed by atoms with Gasteiger partial charge in [-0.05, 0) is 17.7 Å². The lowest BCUT2D eigenvalue weighted by Gasteiger charge is -2.04. The average Bonchev–Trinajstić information content (AvgIpc) is 2.67. The van der Waals surface area contributed by atoms with Crippen LogP contribution >= 0.6 is 0 Å². The van der Waals surface area contributed by atoms with Crippen molar-refractivity contribution in [3.05, 3.63) is 53.4 Å². The summed E-state index contributed by atoms with van der Waals surface area (Å²) < 4.78 is 27.2. The monoisotopic (exact) mass is 251 g/mol. The molecule has 18 heavy (non-hydrogen) atoms. The Morgan fingerprint density at radius 3 is 2.83 bits per heavy atom. The molecule has 1 N–H and O–H groups in total. The van der Waals surface area contributed by atoms with Crippen LogP contribution in [0.2, 0.25) is 0 Å². The van der Waals surface area contributed by atoms with Crippen molar-refractivity contribution in [3.63, 3.8) is 0 Å². The van der Waals surface area contributed by atoms with Gasteiger partial charge in [0.1, 0.15) is 11.4 Å². The number of hydrogen-bond donors (Lipinski definition) is 1. The second kappa shape index (κ2) is 4.95. The summed E-state index contributed by atoms with van der Waals surface area (Å²) >= 11 is 0. The maximum Gasteiger partial charge on any atom is 0.257 e. The van der Waals surface area contributed by atoms with Crippen molar-refractivity contribution < 1.29 is 13.6 Å². The van der Waals surface area contributed by atoms with Crippen molar-refractivity contribution in [2.75, 3.05) is 0 Å². The fourth-order valence-electron chi connectivity index (χ4n) is 1.50. The fourth-order valence-corrected chi connectivity index (χ4v) is 1.50. The highest BCUT2D eigenvalue weighted by Gasteiger charge is 2.15. The van der Waals surface area contributed by atoms with Crippen LogP contribution in [0.5, 0.6) is 0 Å². The number of carbonyl (C=O) groups is 1. The zero-order valence-electron chi connectivity index (χ0n) is 9.65. The van der Waals surface area contributed by atoms with Gasteiger partial charge in [-0.25, -0.2) is 9.07 Å². The zero-order chi connectivity index (χ0) is 13.1. The average molecular weight is 251 g/mol. The molecule has 0 fully saturated rings. The summed E-state index contributed by atoms with van der Waals surface area (Å²) in [6.45, 7) is 0.130. The predicted molar refractivity (Wildman–Crippen MR) is 60.7 cm³/mol. The second-order valence-electron chi connectivity index (χ2n) is 3.79. The summed E-state index contributed by atoms with van der Waals surface area (Å²) in [6, 6.07) is 5.83. The largest absolute Gasteiger partial charge is 0.348 e. The van der Waals surface area contributed by atoms with Gasteiger partial charge in [-0.15, -0.1) is 0 Å². The molecule has 1 heterocycles. The van der Waals surface area contributed by atoms with Crippen LogP contribution in [0.15, 0.2) is 30.5 Å². The lowest BCUT2D eigenvalue weighted by molar-refractivity contribution is 0.0946. The van der Waals surface area contributed by atoms with E-state index in [4.69, 9.17) is 0 Å². The number of aryl methyl sites for hydroxylation is 1. The number of amides is 1. The number of rotatable bonds is 3. The maximum atomic E-state index is 13.4. The highest BCUT2D eigenvalue weighted by atomic mass is 19.1. The molecule has 0 saturated carbocycles. The number of hydrogen-bond acceptors (Lipinski definition) is 2. The number of benzene rings is 1. The first-order valence-electron chi connectivity index (χ1n) is 5.28. The van der Waals surface area contributed by atoms with E-state index in [-0.39, 0.29) is 17.9 Å². The van der Waals surface area contributed by atoms with Crippen LogP contribution in [0.3, 0.4) is 0 Å². The molecule has 0 aliphatic carbocycles. The van der Waals surface area contributed by atoms with E-state index in [0.717, 1.165) is 10.9 Å². The van der Waals surface area contributed by atoms with Crippen LogP contribution < -0.4 is 5.32 Å². The first-order chi connectivity index (χ1) is 8.58. The van der Waals surface area contributed by atoms with Crippen molar-refractivity contribution in [2.45, 2.75) is 6.54 Å². The Morgan fingerprint density at radius 1 is 1.44 bits per heavy atom. The molecule has 6 heteroatoms. The van der Waals surface area contributed by atoms with Gasteiger partial charge < -0.3 is 5.32 Å². The quantitative estimate of drug-likeness (QED) is 0.901. The SMILES string of the molecule is Cn1ncc(C(=O)NCc2cccc(F)c2)c1F. The summed E-state index contributed by atoms with van der Waals surface area (Å²) in [5, 5.41) is 6.12. The summed E-state index contributed by atoms with van der Waals surface area (Å²) in [5.41, 5.74) is 0.474. The Kier molecular flexibility index (Phi) is 3.36. The number of nitrogens with zero attached hydrogens (tertiary/aromatic N) is 2. The standard InChI is InChI=1S/C12H11F2N3O/c1-17-11(14)10(7-16-17)12(18)15-6-8-3-2-4-9(13)5-8/h2-5,7H,6H2,1H3,(H,15,18). The van der Waals surface area contributed by atoms with E-state index < -0.39 is 11.9 Å². The van der Waals surface area contributed by atoms with Gasteiger partial charge in [0.05, 0.1) is 6.20 Å². The van der Waals surface area contributed by atoms with Crippen LogP contribution in [-0.2, 0) is 13.6 Å². The number of halogens is 2. The van der Waals surface area contributed by atoms with E-state index in [9.17, 15) is 13.6 Å². The second-order valence-corrected chi connectivity index (χ2v) is 3.79. The van der Waals surface area contributed by atoms with Gasteiger partial charge in [-0.2, -0.15) is 9.49 Å². The van der Waals surface area contributed by atoms with Crippen LogP contribution in [0.1, 0.15) is 15.9 Å². The van der Waals surface area contributed by atoms with Gasteiger partial charge in [0.25, 0.3) is 5.91 Å². The summed E-state index contributed by atoms with van der Waals surface area (Å²) in [4.78, 5) is 11.6. The number of aromatic nitrogens is 2. The third kappa shape index (κ3) is 2.53. The minimum absolute atomic E-state index is 0.130. The molecule has 1 amide bonds. The summed E-state index contributed by atoms with van der Waals surface area (Å²) in [5.74, 6) is -1.66. The third-order valence-electron chi connectivity index (χ3n) is 2.45. The van der Waals surface area contributed by atoms with Gasteiger partial charge in [0.2, 0.25) is 5.95 Å². The van der Waals surface area contributed by atoms with Gasteiger partial charge >= 0.3 is 0 Å². The molecule has 0 aliphatic heterocycles. The summed E-state index contributed by atoms with van der Waals surface area (Å²) in [7, 11) is 1.40. The Morgan fingerprint density at radius 2 is 2.22 bits per heavy atom. The van der Waals surface area contributed by atoms with Gasteiger partial charge in [-0.3, -0.25) is 4.79 Å². The summed E-state index contributed by atoms with van der Waals surface area (Å²) in [6.07, 6.45) is 1.15. The highest BCUT2D eigenvalue weighted by Crippen LogP contribution is 2.06. The van der Waals surface area contributed by atoms with Crippen molar-refractivity contribution in [3.8, 4) is 0 Å². The van der Waals surface area contributed by atoms with E-state index in [0.29, 0.717) is 5.56 Å². The molecular formula is C12H11F2N3O. The zero-order valence-corrected chi connectivity index (χ0v) is 9.65. The van der Waals surface area contributed by atoms with Gasteiger partial charge in [0.15, 0.2) is 0 Å². The molecule has 2 aromatic rings. The molecule has 0 spiro atoms. The third-order valence-corrected chi connectivity index (χ3v) is 2.45. The van der Waals surface area contributed by atoms with Crippen LogP contribution in [0.4, 0.5) is 8.78 Å². The van der Waals surface area contributed by atoms with Crippen molar-refractivity contribution in [2.24, 2.45) is 7.05 Å². The molecule has 94 valence electrons. The number of carbonyl (C=O) groups excluding carboxylic acids is 1. The Bertz CT molecular complexity index is 580. The van der Waals surface area contributed by atoms with Crippen molar-refractivity contribution in [1.29, 1.82) is 0 Å². The van der Waals surface area contributed by atoms with Crippen LogP contribution in [-0.4, -0.2) is 15.7 Å². The van der Waals surface area contributed by atoms with E-state index in [1.807, 2.05) is 0 Å². The van der Waals surface area contributed by atoms with Crippen LogP contribution in [0.25, 0.3) is 0 Å². The van der Waals surface area contributed by atoms with Gasteiger partial charge in [0, 0.05) is 13.6 Å². The molecule has 0 saturated heterocycles. The lowest BCUT2D eigenvalue weighted by atomic mass is 10.2. The molecule has 0 aliphatic rings. The molecule has 1 aromatic carbocycles. The molecule has 0 unspecified atom stereocenters. The predicted octanol–water partition coefficient (Wildman–Crippen LogP) is 1.63. The topological polar surface area (TPSA) is 46.9 Å². The molecular weight excluding hydrogens is 240 g/mol. The van der Waals surface area contributed by atoms with E-state index in [1.54, 1.807) is 12.1 Å². The lowest BCUT2D eigenvalue weighted by Crippen LogP contribution is -2.23. The van der Waals surface area contributed by atoms with Crippen molar-refractivity contribution >= 4 is 5.91 Å². The van der Waals surface area contributed by atoms with Gasteiger partial charge in [-0.1, -0.05) is 12.1 Å². The minimum Gasteiger partial charge on any atom is -0.348 e. The molecule has 1 aromatic heterocycles.